The van der Waals surface area contributed by atoms with Gasteiger partial charge in [-0.15, -0.1) is 0 Å². The number of aliphatic hydroxyl groups excluding tert-OH is 1. The van der Waals surface area contributed by atoms with Gasteiger partial charge in [-0.25, -0.2) is 4.57 Å². The van der Waals surface area contributed by atoms with E-state index in [-0.39, 0.29) is 19.1 Å². The normalized spacial score (nSPS) is 13.9. The number of hydrogen-bond donors (Lipinski definition) is 3. The second-order valence-electron chi connectivity index (χ2n) is 21.7. The summed E-state index contributed by atoms with van der Waals surface area (Å²) >= 11 is 0. The molecule has 0 radical (unpaired) electrons. The average molecular weight is 959 g/mol. The Hall–Kier alpha value is -0.500. The fourth-order valence-electron chi connectivity index (χ4n) is 9.23. The van der Waals surface area contributed by atoms with Crippen molar-refractivity contribution in [1.82, 2.24) is 5.32 Å². The van der Waals surface area contributed by atoms with E-state index in [1.54, 1.807) is 0 Å². The number of rotatable bonds is 55. The third-order valence-corrected chi connectivity index (χ3v) is 14.8. The Labute approximate surface area is 412 Å². The van der Waals surface area contributed by atoms with Gasteiger partial charge in [0.1, 0.15) is 13.2 Å². The van der Waals surface area contributed by atoms with Crippen LogP contribution in [-0.4, -0.2) is 73.4 Å². The number of nitrogens with zero attached hydrogens (tertiary/aromatic N) is 1. The standard InChI is InChI=1S/C57H117N2O6P/c1-6-8-10-12-14-16-18-20-21-22-23-24-25-26-27-28-29-30-31-32-33-34-35-36-37-38-39-41-43-45-47-49-51-57(61)58-55(54-65-66(62,63)64-53-52-59(3,4)5)56(60)50-48-46-44-42-40-19-17-15-13-11-9-7-2/h55-56,60H,6-54H2,1-5H3,(H-,58,61,62,63)/p+1/t55-,56+/m0/s1. The lowest BCUT2D eigenvalue weighted by molar-refractivity contribution is -0.870. The molecule has 9 heteroatoms. The Balaban J connectivity index is 3.91. The second kappa shape index (κ2) is 49.5. The lowest BCUT2D eigenvalue weighted by atomic mass is 10.0. The lowest BCUT2D eigenvalue weighted by Crippen LogP contribution is -2.46. The fraction of sp³-hybridized carbons (Fsp3) is 0.982. The minimum absolute atomic E-state index is 0.0788. The van der Waals surface area contributed by atoms with Gasteiger partial charge in [-0.1, -0.05) is 290 Å². The van der Waals surface area contributed by atoms with E-state index < -0.39 is 20.0 Å². The molecule has 0 aliphatic rings. The number of likely N-dealkylation sites (N-methyl/N-ethyl adjacent to an activating group) is 1. The van der Waals surface area contributed by atoms with Gasteiger partial charge in [0.2, 0.25) is 5.91 Å². The minimum atomic E-state index is -4.31. The maximum absolute atomic E-state index is 13.0. The molecule has 0 saturated heterocycles. The molecule has 396 valence electrons. The highest BCUT2D eigenvalue weighted by atomic mass is 31.2. The predicted octanol–water partition coefficient (Wildman–Crippen LogP) is 17.7. The molecule has 0 heterocycles. The topological polar surface area (TPSA) is 105 Å². The summed E-state index contributed by atoms with van der Waals surface area (Å²) in [6.07, 6.45) is 59.0. The lowest BCUT2D eigenvalue weighted by Gasteiger charge is -2.26. The van der Waals surface area contributed by atoms with Gasteiger partial charge in [0, 0.05) is 6.42 Å². The SMILES string of the molecule is CCCCCCCCCCCCCCCCCCCCCCCCCCCCCCCCCCC(=O)N[C@@H](COP(=O)(O)OCC[N+](C)(C)C)[C@H](O)CCCCCCCCCCCCCC. The molecule has 0 fully saturated rings. The summed E-state index contributed by atoms with van der Waals surface area (Å²) in [5, 5.41) is 14.0. The summed E-state index contributed by atoms with van der Waals surface area (Å²) in [6, 6.07) is -0.754. The number of unbranched alkanes of at least 4 members (excludes halogenated alkanes) is 42. The summed E-state index contributed by atoms with van der Waals surface area (Å²) in [4.78, 5) is 23.3. The van der Waals surface area contributed by atoms with E-state index in [4.69, 9.17) is 9.05 Å². The molecule has 0 bridgehead atoms. The fourth-order valence-corrected chi connectivity index (χ4v) is 9.96. The first-order valence-corrected chi connectivity index (χ1v) is 30.9. The van der Waals surface area contributed by atoms with Gasteiger partial charge in [-0.3, -0.25) is 13.8 Å². The van der Waals surface area contributed by atoms with Crippen LogP contribution in [0.15, 0.2) is 0 Å². The van der Waals surface area contributed by atoms with Crippen LogP contribution in [0.2, 0.25) is 0 Å². The van der Waals surface area contributed by atoms with E-state index in [1.165, 1.54) is 244 Å². The van der Waals surface area contributed by atoms with Crippen molar-refractivity contribution in [2.24, 2.45) is 0 Å². The molecule has 0 saturated carbocycles. The first kappa shape index (κ1) is 65.5. The Bertz CT molecular complexity index is 1040. The van der Waals surface area contributed by atoms with Gasteiger partial charge in [0.05, 0.1) is 39.9 Å². The van der Waals surface area contributed by atoms with Gasteiger partial charge >= 0.3 is 7.82 Å². The second-order valence-corrected chi connectivity index (χ2v) is 23.2. The number of phosphoric ester groups is 1. The molecule has 0 rings (SSSR count). The smallest absolute Gasteiger partial charge is 0.391 e. The largest absolute Gasteiger partial charge is 0.472 e. The molecule has 0 aromatic carbocycles. The summed E-state index contributed by atoms with van der Waals surface area (Å²) < 4.78 is 23.7. The molecule has 0 aliphatic carbocycles. The molecule has 0 aromatic heterocycles. The zero-order valence-corrected chi connectivity index (χ0v) is 46.1. The van der Waals surface area contributed by atoms with Crippen molar-refractivity contribution in [1.29, 1.82) is 0 Å². The number of amides is 1. The molecule has 8 nitrogen and oxygen atoms in total. The van der Waals surface area contributed by atoms with Crippen LogP contribution in [0, 0.1) is 0 Å². The van der Waals surface area contributed by atoms with E-state index in [0.29, 0.717) is 23.9 Å². The first-order valence-electron chi connectivity index (χ1n) is 29.4. The van der Waals surface area contributed by atoms with E-state index >= 15 is 0 Å². The van der Waals surface area contributed by atoms with Crippen LogP contribution < -0.4 is 5.32 Å². The van der Waals surface area contributed by atoms with E-state index in [2.05, 4.69) is 19.2 Å². The zero-order chi connectivity index (χ0) is 48.5. The minimum Gasteiger partial charge on any atom is -0.391 e. The quantitative estimate of drug-likeness (QED) is 0.0319. The summed E-state index contributed by atoms with van der Waals surface area (Å²) in [6.45, 7) is 4.93. The van der Waals surface area contributed by atoms with Crippen LogP contribution in [-0.2, 0) is 18.4 Å². The summed E-state index contributed by atoms with van der Waals surface area (Å²) in [5.41, 5.74) is 0. The van der Waals surface area contributed by atoms with Crippen molar-refractivity contribution in [3.63, 3.8) is 0 Å². The molecule has 0 aliphatic heterocycles. The summed E-state index contributed by atoms with van der Waals surface area (Å²) in [5.74, 6) is -0.137. The highest BCUT2D eigenvalue weighted by molar-refractivity contribution is 7.47. The predicted molar refractivity (Wildman–Crippen MR) is 286 cm³/mol. The van der Waals surface area contributed by atoms with Crippen molar-refractivity contribution < 1.29 is 32.9 Å². The van der Waals surface area contributed by atoms with E-state index in [0.717, 1.165) is 38.5 Å². The van der Waals surface area contributed by atoms with Crippen molar-refractivity contribution in [2.45, 2.75) is 321 Å². The van der Waals surface area contributed by atoms with Crippen LogP contribution in [0.1, 0.15) is 309 Å². The molecule has 0 aromatic rings. The number of phosphoric acid groups is 1. The van der Waals surface area contributed by atoms with Crippen LogP contribution in [0.4, 0.5) is 0 Å². The van der Waals surface area contributed by atoms with E-state index in [1.807, 2.05) is 21.1 Å². The van der Waals surface area contributed by atoms with Crippen molar-refractivity contribution >= 4 is 13.7 Å². The van der Waals surface area contributed by atoms with E-state index in [9.17, 15) is 19.4 Å². The van der Waals surface area contributed by atoms with Crippen LogP contribution in [0.25, 0.3) is 0 Å². The Morgan fingerprint density at radius 3 is 1.02 bits per heavy atom. The van der Waals surface area contributed by atoms with Gasteiger partial charge in [-0.2, -0.15) is 0 Å². The van der Waals surface area contributed by atoms with Crippen molar-refractivity contribution in [3.8, 4) is 0 Å². The van der Waals surface area contributed by atoms with Crippen molar-refractivity contribution in [3.05, 3.63) is 0 Å². The Morgan fingerprint density at radius 1 is 0.455 bits per heavy atom. The van der Waals surface area contributed by atoms with Crippen molar-refractivity contribution in [2.75, 3.05) is 40.9 Å². The maximum atomic E-state index is 13.0. The van der Waals surface area contributed by atoms with Gasteiger partial charge < -0.3 is 19.8 Å². The Morgan fingerprint density at radius 2 is 0.727 bits per heavy atom. The van der Waals surface area contributed by atoms with Crippen LogP contribution in [0.5, 0.6) is 0 Å². The summed E-state index contributed by atoms with van der Waals surface area (Å²) in [7, 11) is 1.63. The number of nitrogens with one attached hydrogen (secondary N) is 1. The first-order chi connectivity index (χ1) is 32.0. The number of hydrogen-bond acceptors (Lipinski definition) is 5. The van der Waals surface area contributed by atoms with Crippen LogP contribution in [0.3, 0.4) is 0 Å². The maximum Gasteiger partial charge on any atom is 0.472 e. The molecule has 1 unspecified atom stereocenters. The highest BCUT2D eigenvalue weighted by Gasteiger charge is 2.28. The Kier molecular flexibility index (Phi) is 49.1. The van der Waals surface area contributed by atoms with Crippen LogP contribution >= 0.6 is 7.82 Å². The third kappa shape index (κ3) is 51.4. The number of aliphatic hydroxyl groups is 1. The average Bonchev–Trinajstić information content (AvgIpc) is 3.28. The molecule has 3 atom stereocenters. The van der Waals surface area contributed by atoms with Gasteiger partial charge in [0.15, 0.2) is 0 Å². The number of carbonyl (C=O) groups excluding carboxylic acids is 1. The van der Waals surface area contributed by atoms with Gasteiger partial charge in [0.25, 0.3) is 0 Å². The highest BCUT2D eigenvalue weighted by Crippen LogP contribution is 2.43. The molecule has 1 amide bonds. The number of carbonyl (C=O) groups is 1. The third-order valence-electron chi connectivity index (χ3n) is 13.9. The molecule has 3 N–H and O–H groups in total. The molecule has 66 heavy (non-hydrogen) atoms. The monoisotopic (exact) mass is 958 g/mol. The zero-order valence-electron chi connectivity index (χ0n) is 45.2. The number of quaternary nitrogens is 1. The molecular weight excluding hydrogens is 840 g/mol. The molecular formula is C57H118N2O6P+. The molecule has 0 spiro atoms. The van der Waals surface area contributed by atoms with Gasteiger partial charge in [-0.05, 0) is 12.8 Å².